The van der Waals surface area contributed by atoms with Crippen LogP contribution in [0.25, 0.3) is 10.9 Å². The van der Waals surface area contributed by atoms with Crippen molar-refractivity contribution in [1.82, 2.24) is 19.4 Å². The molecule has 0 saturated heterocycles. The molecule has 4 rings (SSSR count). The van der Waals surface area contributed by atoms with Gasteiger partial charge < -0.3 is 4.57 Å². The van der Waals surface area contributed by atoms with Gasteiger partial charge in [0.1, 0.15) is 0 Å². The molecule has 8 heteroatoms. The minimum atomic E-state index is -3.53. The predicted molar refractivity (Wildman–Crippen MR) is 98.7 cm³/mol. The fourth-order valence-corrected chi connectivity index (χ4v) is 4.12. The van der Waals surface area contributed by atoms with Gasteiger partial charge >= 0.3 is 0 Å². The largest absolute Gasteiger partial charge is 0.350 e. The summed E-state index contributed by atoms with van der Waals surface area (Å²) in [6.45, 7) is 1.93. The van der Waals surface area contributed by atoms with E-state index >= 15 is 0 Å². The molecule has 7 nitrogen and oxygen atoms in total. The van der Waals surface area contributed by atoms with E-state index in [0.717, 1.165) is 19.3 Å². The van der Waals surface area contributed by atoms with Crippen molar-refractivity contribution in [2.24, 2.45) is 7.05 Å². The zero-order valence-corrected chi connectivity index (χ0v) is 15.5. The standard InChI is InChI=1S/C18H20N4O3S/c1-21-9-12(13-5-3-4-6-16(13)21)10-22-8-7-15-14(11-22)17(23)20-18(19-15)26(2,24)25/h3-6,9H,7-8,10-11H2,1-2H3,(H,19,20,23). The summed E-state index contributed by atoms with van der Waals surface area (Å²) in [6.07, 6.45) is 3.73. The molecule has 1 N–H and O–H groups in total. The van der Waals surface area contributed by atoms with E-state index in [2.05, 4.69) is 37.8 Å². The van der Waals surface area contributed by atoms with E-state index in [9.17, 15) is 13.2 Å². The Balaban J connectivity index is 1.64. The number of aryl methyl sites for hydroxylation is 1. The Bertz CT molecular complexity index is 1160. The average Bonchev–Trinajstić information content (AvgIpc) is 2.91. The Hall–Kier alpha value is -2.45. The third-order valence-electron chi connectivity index (χ3n) is 4.85. The van der Waals surface area contributed by atoms with Crippen LogP contribution in [-0.4, -0.2) is 40.7 Å². The van der Waals surface area contributed by atoms with Gasteiger partial charge in [0.15, 0.2) is 0 Å². The highest BCUT2D eigenvalue weighted by atomic mass is 32.2. The van der Waals surface area contributed by atoms with Crippen LogP contribution in [0.4, 0.5) is 0 Å². The first-order valence-corrected chi connectivity index (χ1v) is 10.3. The molecule has 26 heavy (non-hydrogen) atoms. The second kappa shape index (κ2) is 6.07. The van der Waals surface area contributed by atoms with Gasteiger partial charge in [-0.15, -0.1) is 0 Å². The van der Waals surface area contributed by atoms with Gasteiger partial charge in [-0.3, -0.25) is 14.7 Å². The van der Waals surface area contributed by atoms with Crippen molar-refractivity contribution in [1.29, 1.82) is 0 Å². The molecule has 0 spiro atoms. The quantitative estimate of drug-likeness (QED) is 0.699. The highest BCUT2D eigenvalue weighted by molar-refractivity contribution is 7.90. The number of aromatic nitrogens is 3. The van der Waals surface area contributed by atoms with Gasteiger partial charge in [0.25, 0.3) is 5.56 Å². The van der Waals surface area contributed by atoms with Crippen LogP contribution in [0, 0.1) is 0 Å². The Kier molecular flexibility index (Phi) is 3.96. The van der Waals surface area contributed by atoms with Crippen molar-refractivity contribution in [3.8, 4) is 0 Å². The van der Waals surface area contributed by atoms with E-state index in [4.69, 9.17) is 0 Å². The Morgan fingerprint density at radius 2 is 2.04 bits per heavy atom. The van der Waals surface area contributed by atoms with Gasteiger partial charge in [0.2, 0.25) is 15.0 Å². The summed E-state index contributed by atoms with van der Waals surface area (Å²) in [6, 6.07) is 8.24. The highest BCUT2D eigenvalue weighted by Crippen LogP contribution is 2.24. The maximum atomic E-state index is 12.4. The summed E-state index contributed by atoms with van der Waals surface area (Å²) >= 11 is 0. The normalized spacial score (nSPS) is 15.3. The van der Waals surface area contributed by atoms with Gasteiger partial charge in [-0.05, 0) is 11.6 Å². The number of hydrogen-bond acceptors (Lipinski definition) is 5. The molecular weight excluding hydrogens is 352 g/mol. The molecule has 0 bridgehead atoms. The minimum absolute atomic E-state index is 0.247. The molecule has 3 heterocycles. The maximum Gasteiger partial charge on any atom is 0.256 e. The molecule has 0 aliphatic carbocycles. The summed E-state index contributed by atoms with van der Waals surface area (Å²) in [5, 5.41) is 0.962. The molecule has 0 atom stereocenters. The first kappa shape index (κ1) is 17.0. The monoisotopic (exact) mass is 372 g/mol. The fraction of sp³-hybridized carbons (Fsp3) is 0.333. The molecule has 1 aliphatic heterocycles. The topological polar surface area (TPSA) is 88.1 Å². The van der Waals surface area contributed by atoms with Crippen LogP contribution in [-0.2, 0) is 36.4 Å². The second-order valence-corrected chi connectivity index (χ2v) is 8.74. The van der Waals surface area contributed by atoms with Gasteiger partial charge in [-0.1, -0.05) is 18.2 Å². The zero-order chi connectivity index (χ0) is 18.5. The number of aromatic amines is 1. The van der Waals surface area contributed by atoms with E-state index in [-0.39, 0.29) is 10.7 Å². The number of benzene rings is 1. The first-order chi connectivity index (χ1) is 12.3. The number of rotatable bonds is 3. The molecule has 0 fully saturated rings. The zero-order valence-electron chi connectivity index (χ0n) is 14.7. The number of nitrogens with zero attached hydrogens (tertiary/aromatic N) is 3. The van der Waals surface area contributed by atoms with Crippen LogP contribution in [0.3, 0.4) is 0 Å². The van der Waals surface area contributed by atoms with Crippen LogP contribution in [0.2, 0.25) is 0 Å². The molecule has 0 saturated carbocycles. The number of hydrogen-bond donors (Lipinski definition) is 1. The maximum absolute atomic E-state index is 12.4. The summed E-state index contributed by atoms with van der Waals surface area (Å²) in [5.41, 5.74) is 3.17. The molecular formula is C18H20N4O3S. The summed E-state index contributed by atoms with van der Waals surface area (Å²) in [7, 11) is -1.50. The molecule has 0 amide bonds. The van der Waals surface area contributed by atoms with Crippen molar-refractivity contribution >= 4 is 20.7 Å². The highest BCUT2D eigenvalue weighted by Gasteiger charge is 2.24. The van der Waals surface area contributed by atoms with E-state index < -0.39 is 9.84 Å². The molecule has 0 unspecified atom stereocenters. The van der Waals surface area contributed by atoms with Gasteiger partial charge in [-0.2, -0.15) is 0 Å². The summed E-state index contributed by atoms with van der Waals surface area (Å²) in [5.74, 6) is 0. The summed E-state index contributed by atoms with van der Waals surface area (Å²) in [4.78, 5) is 21.1. The molecule has 1 aromatic carbocycles. The minimum Gasteiger partial charge on any atom is -0.350 e. The smallest absolute Gasteiger partial charge is 0.256 e. The van der Waals surface area contributed by atoms with E-state index in [1.54, 1.807) is 0 Å². The Labute approximate surface area is 151 Å². The lowest BCUT2D eigenvalue weighted by atomic mass is 10.1. The molecule has 3 aromatic rings. The van der Waals surface area contributed by atoms with Crippen LogP contribution >= 0.6 is 0 Å². The average molecular weight is 372 g/mol. The van der Waals surface area contributed by atoms with E-state index in [1.807, 2.05) is 19.2 Å². The van der Waals surface area contributed by atoms with Crippen LogP contribution < -0.4 is 5.56 Å². The number of nitrogens with one attached hydrogen (secondary N) is 1. The number of sulfone groups is 1. The van der Waals surface area contributed by atoms with E-state index in [0.29, 0.717) is 24.2 Å². The number of H-pyrrole nitrogens is 1. The Morgan fingerprint density at radius 3 is 2.81 bits per heavy atom. The lowest BCUT2D eigenvalue weighted by molar-refractivity contribution is 0.241. The van der Waals surface area contributed by atoms with Crippen molar-refractivity contribution < 1.29 is 8.42 Å². The SMILES string of the molecule is Cn1cc(CN2CCc3nc(S(C)(=O)=O)[nH]c(=O)c3C2)c2ccccc21. The van der Waals surface area contributed by atoms with Crippen molar-refractivity contribution in [3.63, 3.8) is 0 Å². The molecule has 2 aromatic heterocycles. The van der Waals surface area contributed by atoms with Crippen molar-refractivity contribution in [3.05, 3.63) is 57.6 Å². The summed E-state index contributed by atoms with van der Waals surface area (Å²) < 4.78 is 25.4. The molecule has 0 radical (unpaired) electrons. The lowest BCUT2D eigenvalue weighted by Crippen LogP contribution is -2.36. The van der Waals surface area contributed by atoms with Gasteiger partial charge in [0.05, 0.1) is 11.3 Å². The van der Waals surface area contributed by atoms with E-state index in [1.165, 1.54) is 16.5 Å². The molecule has 1 aliphatic rings. The third kappa shape index (κ3) is 2.95. The van der Waals surface area contributed by atoms with Crippen molar-refractivity contribution in [2.45, 2.75) is 24.7 Å². The third-order valence-corrected chi connectivity index (χ3v) is 5.75. The molecule has 136 valence electrons. The number of fused-ring (bicyclic) bond motifs is 2. The lowest BCUT2D eigenvalue weighted by Gasteiger charge is -2.27. The second-order valence-electron chi connectivity index (χ2n) is 6.81. The first-order valence-electron chi connectivity index (χ1n) is 8.40. The van der Waals surface area contributed by atoms with Crippen LogP contribution in [0.5, 0.6) is 0 Å². The van der Waals surface area contributed by atoms with Crippen molar-refractivity contribution in [2.75, 3.05) is 12.8 Å². The van der Waals surface area contributed by atoms with Crippen LogP contribution in [0.1, 0.15) is 16.8 Å². The predicted octanol–water partition coefficient (Wildman–Crippen LogP) is 1.22. The van der Waals surface area contributed by atoms with Gasteiger partial charge in [-0.25, -0.2) is 13.4 Å². The van der Waals surface area contributed by atoms with Crippen LogP contribution in [0.15, 0.2) is 40.4 Å². The number of para-hydroxylation sites is 1. The fourth-order valence-electron chi connectivity index (χ4n) is 3.56. The van der Waals surface area contributed by atoms with Gasteiger partial charge in [0, 0.05) is 56.5 Å². The Morgan fingerprint density at radius 1 is 1.27 bits per heavy atom.